The molecular formula is C19H26N4O3. The highest BCUT2D eigenvalue weighted by molar-refractivity contribution is 5.78. The molecule has 2 N–H and O–H groups in total. The Bertz CT molecular complexity index is 825. The highest BCUT2D eigenvalue weighted by atomic mass is 16.5. The predicted octanol–water partition coefficient (Wildman–Crippen LogP) is 1.08. The van der Waals surface area contributed by atoms with E-state index in [0.717, 1.165) is 26.3 Å². The minimum Gasteiger partial charge on any atom is -0.379 e. The zero-order chi connectivity index (χ0) is 18.6. The van der Waals surface area contributed by atoms with Gasteiger partial charge in [-0.3, -0.25) is 14.5 Å². The lowest BCUT2D eigenvalue weighted by atomic mass is 10.0. The molecule has 0 saturated carbocycles. The maximum Gasteiger partial charge on any atom is 0.258 e. The lowest BCUT2D eigenvalue weighted by Gasteiger charge is -2.40. The van der Waals surface area contributed by atoms with Crippen molar-refractivity contribution in [2.75, 3.05) is 32.8 Å². The summed E-state index contributed by atoms with van der Waals surface area (Å²) in [5.41, 5.74) is 0.370. The van der Waals surface area contributed by atoms with E-state index in [1.807, 2.05) is 12.1 Å². The van der Waals surface area contributed by atoms with Gasteiger partial charge in [-0.15, -0.1) is 0 Å². The third-order valence-corrected chi connectivity index (χ3v) is 4.84. The summed E-state index contributed by atoms with van der Waals surface area (Å²) < 4.78 is 5.38. The number of carbonyl (C=O) groups excluding carboxylic acids is 1. The standard InChI is InChI=1S/C19H26N4O3/c1-19(2,23-9-11-26-12-10-23)13-20-17(24)8-7-16-21-15-6-4-3-5-14(15)18(25)22-16/h3-6H,7-13H2,1-2H3,(H,20,24)(H,21,22,25). The van der Waals surface area contributed by atoms with Crippen LogP contribution >= 0.6 is 0 Å². The number of hydrogen-bond acceptors (Lipinski definition) is 5. The molecule has 1 fully saturated rings. The van der Waals surface area contributed by atoms with Gasteiger partial charge in [-0.05, 0) is 26.0 Å². The molecule has 3 rings (SSSR count). The molecule has 140 valence electrons. The Balaban J connectivity index is 1.53. The van der Waals surface area contributed by atoms with Gasteiger partial charge in [0, 0.05) is 38.0 Å². The van der Waals surface area contributed by atoms with Gasteiger partial charge in [-0.25, -0.2) is 4.98 Å². The molecular weight excluding hydrogens is 332 g/mol. The van der Waals surface area contributed by atoms with Crippen molar-refractivity contribution in [1.29, 1.82) is 0 Å². The SMILES string of the molecule is CC(C)(CNC(=O)CCc1nc2ccccc2c(=O)[nH]1)N1CCOCC1. The number of aromatic amines is 1. The van der Waals surface area contributed by atoms with Crippen molar-refractivity contribution in [3.63, 3.8) is 0 Å². The van der Waals surface area contributed by atoms with E-state index in [1.54, 1.807) is 12.1 Å². The molecule has 1 amide bonds. The molecule has 2 heterocycles. The van der Waals surface area contributed by atoms with E-state index in [1.165, 1.54) is 0 Å². The first kappa shape index (κ1) is 18.5. The summed E-state index contributed by atoms with van der Waals surface area (Å²) >= 11 is 0. The van der Waals surface area contributed by atoms with Crippen molar-refractivity contribution >= 4 is 16.8 Å². The second-order valence-electron chi connectivity index (χ2n) is 7.22. The normalized spacial score (nSPS) is 15.9. The average Bonchev–Trinajstić information content (AvgIpc) is 2.65. The lowest BCUT2D eigenvalue weighted by molar-refractivity contribution is -0.121. The maximum absolute atomic E-state index is 12.2. The first-order valence-corrected chi connectivity index (χ1v) is 9.03. The van der Waals surface area contributed by atoms with E-state index < -0.39 is 0 Å². The van der Waals surface area contributed by atoms with E-state index in [0.29, 0.717) is 36.1 Å². The van der Waals surface area contributed by atoms with Crippen LogP contribution in [0.25, 0.3) is 10.9 Å². The number of aromatic nitrogens is 2. The second-order valence-corrected chi connectivity index (χ2v) is 7.22. The highest BCUT2D eigenvalue weighted by Crippen LogP contribution is 2.15. The van der Waals surface area contributed by atoms with Crippen LogP contribution in [0.2, 0.25) is 0 Å². The van der Waals surface area contributed by atoms with Crippen molar-refractivity contribution in [2.45, 2.75) is 32.2 Å². The van der Waals surface area contributed by atoms with Gasteiger partial charge in [0.15, 0.2) is 0 Å². The largest absolute Gasteiger partial charge is 0.379 e. The number of amides is 1. The fourth-order valence-electron chi connectivity index (χ4n) is 3.17. The summed E-state index contributed by atoms with van der Waals surface area (Å²) in [7, 11) is 0. The molecule has 1 aliphatic heterocycles. The number of morpholine rings is 1. The molecule has 0 aliphatic carbocycles. The number of rotatable bonds is 6. The smallest absolute Gasteiger partial charge is 0.258 e. The van der Waals surface area contributed by atoms with Gasteiger partial charge < -0.3 is 15.0 Å². The fraction of sp³-hybridized carbons (Fsp3) is 0.526. The van der Waals surface area contributed by atoms with Crippen LogP contribution in [0.1, 0.15) is 26.1 Å². The molecule has 7 nitrogen and oxygen atoms in total. The third kappa shape index (κ3) is 4.47. The average molecular weight is 358 g/mol. The Morgan fingerprint density at radius 3 is 2.81 bits per heavy atom. The Morgan fingerprint density at radius 2 is 2.04 bits per heavy atom. The summed E-state index contributed by atoms with van der Waals surface area (Å²) in [5, 5.41) is 3.56. The van der Waals surface area contributed by atoms with Crippen LogP contribution in [0, 0.1) is 0 Å². The van der Waals surface area contributed by atoms with Crippen LogP contribution in [0.15, 0.2) is 29.1 Å². The molecule has 1 aromatic carbocycles. The summed E-state index contributed by atoms with van der Waals surface area (Å²) in [4.78, 5) is 33.8. The number of fused-ring (bicyclic) bond motifs is 1. The number of ether oxygens (including phenoxy) is 1. The molecule has 0 radical (unpaired) electrons. The zero-order valence-electron chi connectivity index (χ0n) is 15.4. The number of hydrogen-bond donors (Lipinski definition) is 2. The summed E-state index contributed by atoms with van der Waals surface area (Å²) in [6.07, 6.45) is 0.699. The highest BCUT2D eigenvalue weighted by Gasteiger charge is 2.28. The van der Waals surface area contributed by atoms with Gasteiger partial charge in [0.05, 0.1) is 24.1 Å². The summed E-state index contributed by atoms with van der Waals surface area (Å²) in [5.74, 6) is 0.499. The van der Waals surface area contributed by atoms with Crippen LogP contribution in [0.4, 0.5) is 0 Å². The minimum absolute atomic E-state index is 0.0397. The van der Waals surface area contributed by atoms with Crippen LogP contribution in [-0.2, 0) is 16.0 Å². The molecule has 0 spiro atoms. The van der Waals surface area contributed by atoms with Crippen molar-refractivity contribution in [2.24, 2.45) is 0 Å². The van der Waals surface area contributed by atoms with Gasteiger partial charge in [0.1, 0.15) is 5.82 Å². The summed E-state index contributed by atoms with van der Waals surface area (Å²) in [6.45, 7) is 8.06. The molecule has 0 unspecified atom stereocenters. The quantitative estimate of drug-likeness (QED) is 0.807. The molecule has 2 aromatic rings. The van der Waals surface area contributed by atoms with Gasteiger partial charge >= 0.3 is 0 Å². The second kappa shape index (κ2) is 7.97. The number of para-hydroxylation sites is 1. The predicted molar refractivity (Wildman–Crippen MR) is 100 cm³/mol. The summed E-state index contributed by atoms with van der Waals surface area (Å²) in [6, 6.07) is 7.20. The van der Waals surface area contributed by atoms with E-state index in [4.69, 9.17) is 4.74 Å². The van der Waals surface area contributed by atoms with Gasteiger partial charge in [-0.2, -0.15) is 0 Å². The zero-order valence-corrected chi connectivity index (χ0v) is 15.4. The van der Waals surface area contributed by atoms with Crippen molar-refractivity contribution < 1.29 is 9.53 Å². The van der Waals surface area contributed by atoms with E-state index in [-0.39, 0.29) is 17.0 Å². The molecule has 0 bridgehead atoms. The number of aryl methyl sites for hydroxylation is 1. The molecule has 1 aliphatic rings. The fourth-order valence-corrected chi connectivity index (χ4v) is 3.17. The van der Waals surface area contributed by atoms with Crippen molar-refractivity contribution in [3.05, 3.63) is 40.4 Å². The van der Waals surface area contributed by atoms with E-state index in [2.05, 4.69) is 34.0 Å². The number of carbonyl (C=O) groups is 1. The molecule has 1 saturated heterocycles. The first-order chi connectivity index (χ1) is 12.5. The third-order valence-electron chi connectivity index (χ3n) is 4.84. The van der Waals surface area contributed by atoms with Crippen LogP contribution in [0.3, 0.4) is 0 Å². The molecule has 1 aromatic heterocycles. The maximum atomic E-state index is 12.2. The topological polar surface area (TPSA) is 87.3 Å². The first-order valence-electron chi connectivity index (χ1n) is 9.03. The number of benzene rings is 1. The van der Waals surface area contributed by atoms with Crippen LogP contribution in [0.5, 0.6) is 0 Å². The van der Waals surface area contributed by atoms with Crippen LogP contribution < -0.4 is 10.9 Å². The Hall–Kier alpha value is -2.25. The monoisotopic (exact) mass is 358 g/mol. The molecule has 7 heteroatoms. The number of nitrogens with zero attached hydrogens (tertiary/aromatic N) is 2. The van der Waals surface area contributed by atoms with E-state index >= 15 is 0 Å². The Labute approximate surface area is 152 Å². The minimum atomic E-state index is -0.167. The van der Waals surface area contributed by atoms with Crippen molar-refractivity contribution in [1.82, 2.24) is 20.2 Å². The Morgan fingerprint density at radius 1 is 1.31 bits per heavy atom. The van der Waals surface area contributed by atoms with E-state index in [9.17, 15) is 9.59 Å². The molecule has 0 atom stereocenters. The van der Waals surface area contributed by atoms with Gasteiger partial charge in [-0.1, -0.05) is 12.1 Å². The van der Waals surface area contributed by atoms with Crippen molar-refractivity contribution in [3.8, 4) is 0 Å². The van der Waals surface area contributed by atoms with Crippen LogP contribution in [-0.4, -0.2) is 59.2 Å². The van der Waals surface area contributed by atoms with Gasteiger partial charge in [0.25, 0.3) is 5.56 Å². The number of nitrogens with one attached hydrogen (secondary N) is 2. The molecule has 26 heavy (non-hydrogen) atoms. The number of H-pyrrole nitrogens is 1. The van der Waals surface area contributed by atoms with Gasteiger partial charge in [0.2, 0.25) is 5.91 Å². The lowest BCUT2D eigenvalue weighted by Crippen LogP contribution is -2.55. The Kier molecular flexibility index (Phi) is 5.68.